The van der Waals surface area contributed by atoms with Crippen molar-refractivity contribution in [3.05, 3.63) is 0 Å². The summed E-state index contributed by atoms with van der Waals surface area (Å²) >= 11 is 0. The Kier molecular flexibility index (Phi) is 6.02. The van der Waals surface area contributed by atoms with E-state index in [0.29, 0.717) is 0 Å². The van der Waals surface area contributed by atoms with Crippen molar-refractivity contribution in [2.24, 2.45) is 5.92 Å². The Morgan fingerprint density at radius 1 is 1.45 bits per heavy atom. The summed E-state index contributed by atoms with van der Waals surface area (Å²) < 4.78 is 0. The van der Waals surface area contributed by atoms with E-state index in [1.54, 1.807) is 0 Å². The molecule has 0 heterocycles. The Hall–Kier alpha value is -0.610. The summed E-state index contributed by atoms with van der Waals surface area (Å²) in [6.07, 6.45) is 4.87. The van der Waals surface area contributed by atoms with E-state index in [2.05, 4.69) is 38.0 Å². The van der Waals surface area contributed by atoms with Crippen molar-refractivity contribution in [2.45, 2.75) is 70.9 Å². The molecule has 1 rings (SSSR count). The molecule has 0 aromatic heterocycles. The van der Waals surface area contributed by atoms with Gasteiger partial charge in [-0.1, -0.05) is 20.3 Å². The number of carboxylic acid groups (broad SMARTS) is 1. The first-order chi connectivity index (χ1) is 9.30. The maximum Gasteiger partial charge on any atom is 0.324 e. The number of rotatable bonds is 8. The van der Waals surface area contributed by atoms with Gasteiger partial charge < -0.3 is 15.3 Å². The van der Waals surface area contributed by atoms with E-state index in [1.165, 1.54) is 0 Å². The standard InChI is InChI=1S/C16H32N2O2/c1-6-15(3,4)18(5)12-10-13-9-8-11-16(13,14(19)20)17-7-2/h13,17H,6-12H2,1-5H3,(H,19,20). The van der Waals surface area contributed by atoms with Crippen LogP contribution in [0.2, 0.25) is 0 Å². The predicted molar refractivity (Wildman–Crippen MR) is 83.0 cm³/mol. The van der Waals surface area contributed by atoms with Crippen molar-refractivity contribution in [3.8, 4) is 0 Å². The van der Waals surface area contributed by atoms with E-state index < -0.39 is 11.5 Å². The zero-order valence-electron chi connectivity index (χ0n) is 13.8. The van der Waals surface area contributed by atoms with Gasteiger partial charge in [0.1, 0.15) is 5.54 Å². The maximum atomic E-state index is 11.7. The molecule has 0 bridgehead atoms. The second kappa shape index (κ2) is 6.90. The average Bonchev–Trinajstić information content (AvgIpc) is 2.80. The molecule has 2 N–H and O–H groups in total. The van der Waals surface area contributed by atoms with E-state index in [0.717, 1.165) is 45.2 Å². The molecule has 20 heavy (non-hydrogen) atoms. The highest BCUT2D eigenvalue weighted by Gasteiger charge is 2.48. The molecule has 118 valence electrons. The Bertz CT molecular complexity index is 330. The first-order valence-electron chi connectivity index (χ1n) is 7.99. The van der Waals surface area contributed by atoms with Crippen LogP contribution in [-0.2, 0) is 4.79 Å². The summed E-state index contributed by atoms with van der Waals surface area (Å²) in [5.74, 6) is -0.422. The molecule has 0 saturated heterocycles. The number of carboxylic acids is 1. The maximum absolute atomic E-state index is 11.7. The molecule has 0 aromatic carbocycles. The molecule has 2 atom stereocenters. The fourth-order valence-electron chi connectivity index (χ4n) is 3.30. The largest absolute Gasteiger partial charge is 0.480 e. The molecule has 4 nitrogen and oxygen atoms in total. The lowest BCUT2D eigenvalue weighted by atomic mass is 9.84. The SMILES string of the molecule is CCNC1(C(=O)O)CCCC1CCN(C)C(C)(C)CC. The lowest BCUT2D eigenvalue weighted by Gasteiger charge is -2.38. The van der Waals surface area contributed by atoms with Crippen molar-refractivity contribution in [1.82, 2.24) is 10.2 Å². The predicted octanol–water partition coefficient (Wildman–Crippen LogP) is 2.73. The Labute approximate surface area is 123 Å². The van der Waals surface area contributed by atoms with Gasteiger partial charge in [-0.15, -0.1) is 0 Å². The Morgan fingerprint density at radius 2 is 2.10 bits per heavy atom. The third-order valence-corrected chi connectivity index (χ3v) is 5.41. The van der Waals surface area contributed by atoms with Crippen LogP contribution in [-0.4, -0.2) is 47.2 Å². The number of nitrogens with one attached hydrogen (secondary N) is 1. The van der Waals surface area contributed by atoms with Gasteiger partial charge in [0, 0.05) is 5.54 Å². The van der Waals surface area contributed by atoms with Gasteiger partial charge in [-0.25, -0.2) is 0 Å². The Morgan fingerprint density at radius 3 is 2.60 bits per heavy atom. The van der Waals surface area contributed by atoms with Gasteiger partial charge in [0.2, 0.25) is 0 Å². The van der Waals surface area contributed by atoms with Gasteiger partial charge >= 0.3 is 5.97 Å². The summed E-state index contributed by atoms with van der Waals surface area (Å²) in [6.45, 7) is 10.4. The molecule has 2 unspecified atom stereocenters. The number of nitrogens with zero attached hydrogens (tertiary/aromatic N) is 1. The van der Waals surface area contributed by atoms with Gasteiger partial charge in [-0.2, -0.15) is 0 Å². The van der Waals surface area contributed by atoms with Gasteiger partial charge in [0.05, 0.1) is 0 Å². The number of likely N-dealkylation sites (N-methyl/N-ethyl adjacent to an activating group) is 1. The highest BCUT2D eigenvalue weighted by atomic mass is 16.4. The molecular formula is C16H32N2O2. The molecule has 0 aromatic rings. The van der Waals surface area contributed by atoms with Crippen molar-refractivity contribution in [1.29, 1.82) is 0 Å². The van der Waals surface area contributed by atoms with Crippen LogP contribution in [0.5, 0.6) is 0 Å². The topological polar surface area (TPSA) is 52.6 Å². The smallest absolute Gasteiger partial charge is 0.324 e. The van der Waals surface area contributed by atoms with E-state index in [-0.39, 0.29) is 11.5 Å². The lowest BCUT2D eigenvalue weighted by molar-refractivity contribution is -0.146. The fourth-order valence-corrected chi connectivity index (χ4v) is 3.30. The van der Waals surface area contributed by atoms with E-state index in [4.69, 9.17) is 0 Å². The van der Waals surface area contributed by atoms with Gasteiger partial charge in [0.25, 0.3) is 0 Å². The van der Waals surface area contributed by atoms with Crippen LogP contribution in [0.1, 0.15) is 59.8 Å². The highest BCUT2D eigenvalue weighted by molar-refractivity contribution is 5.79. The number of hydrogen-bond acceptors (Lipinski definition) is 3. The van der Waals surface area contributed by atoms with Crippen LogP contribution in [0.15, 0.2) is 0 Å². The molecule has 1 fully saturated rings. The molecular weight excluding hydrogens is 252 g/mol. The summed E-state index contributed by atoms with van der Waals surface area (Å²) in [7, 11) is 2.15. The normalized spacial score (nSPS) is 27.2. The monoisotopic (exact) mass is 284 g/mol. The van der Waals surface area contributed by atoms with Crippen LogP contribution in [0.3, 0.4) is 0 Å². The van der Waals surface area contributed by atoms with Gasteiger partial charge in [0.15, 0.2) is 0 Å². The number of aliphatic carboxylic acids is 1. The first kappa shape index (κ1) is 17.4. The summed E-state index contributed by atoms with van der Waals surface area (Å²) in [5, 5.41) is 12.9. The number of carbonyl (C=O) groups is 1. The zero-order chi connectivity index (χ0) is 15.4. The van der Waals surface area contributed by atoms with E-state index >= 15 is 0 Å². The lowest BCUT2D eigenvalue weighted by Crippen LogP contribution is -2.55. The second-order valence-electron chi connectivity index (χ2n) is 6.77. The van der Waals surface area contributed by atoms with Gasteiger partial charge in [-0.3, -0.25) is 4.79 Å². The first-order valence-corrected chi connectivity index (χ1v) is 7.99. The molecule has 4 heteroatoms. The quantitative estimate of drug-likeness (QED) is 0.719. The summed E-state index contributed by atoms with van der Waals surface area (Å²) in [4.78, 5) is 14.1. The number of hydrogen-bond donors (Lipinski definition) is 2. The molecule has 1 aliphatic rings. The van der Waals surface area contributed by atoms with E-state index in [1.807, 2.05) is 6.92 Å². The van der Waals surface area contributed by atoms with Crippen LogP contribution in [0.25, 0.3) is 0 Å². The van der Waals surface area contributed by atoms with E-state index in [9.17, 15) is 9.90 Å². The second-order valence-corrected chi connectivity index (χ2v) is 6.77. The third-order valence-electron chi connectivity index (χ3n) is 5.41. The van der Waals surface area contributed by atoms with Crippen LogP contribution in [0, 0.1) is 5.92 Å². The third kappa shape index (κ3) is 3.53. The minimum atomic E-state index is -0.689. The van der Waals surface area contributed by atoms with Crippen molar-refractivity contribution >= 4 is 5.97 Å². The van der Waals surface area contributed by atoms with Crippen molar-refractivity contribution in [3.63, 3.8) is 0 Å². The van der Waals surface area contributed by atoms with Crippen molar-refractivity contribution < 1.29 is 9.90 Å². The molecule has 0 radical (unpaired) electrons. The fraction of sp³-hybridized carbons (Fsp3) is 0.938. The average molecular weight is 284 g/mol. The molecule has 0 amide bonds. The highest BCUT2D eigenvalue weighted by Crippen LogP contribution is 2.38. The Balaban J connectivity index is 2.68. The molecule has 1 saturated carbocycles. The molecule has 1 aliphatic carbocycles. The van der Waals surface area contributed by atoms with Crippen LogP contribution < -0.4 is 5.32 Å². The van der Waals surface area contributed by atoms with Crippen molar-refractivity contribution in [2.75, 3.05) is 20.1 Å². The minimum Gasteiger partial charge on any atom is -0.480 e. The summed E-state index contributed by atoms with van der Waals surface area (Å²) in [6, 6.07) is 0. The molecule has 0 aliphatic heterocycles. The van der Waals surface area contributed by atoms with Crippen LogP contribution >= 0.6 is 0 Å². The summed E-state index contributed by atoms with van der Waals surface area (Å²) in [5.41, 5.74) is -0.505. The van der Waals surface area contributed by atoms with Gasteiger partial charge in [-0.05, 0) is 65.6 Å². The zero-order valence-corrected chi connectivity index (χ0v) is 13.8. The van der Waals surface area contributed by atoms with Crippen LogP contribution in [0.4, 0.5) is 0 Å². The molecule has 0 spiro atoms. The minimum absolute atomic E-state index is 0.183.